The molecule has 31 heavy (non-hydrogen) atoms. The maximum absolute atomic E-state index is 15.1. The van der Waals surface area contributed by atoms with Gasteiger partial charge in [0.05, 0.1) is 34.0 Å². The largest absolute Gasteiger partial charge is 0.443 e. The Bertz CT molecular complexity index is 1200. The van der Waals surface area contributed by atoms with E-state index in [1.807, 2.05) is 35.7 Å². The van der Waals surface area contributed by atoms with Crippen molar-refractivity contribution >= 4 is 34.9 Å². The molecular weight excluding hydrogens is 435 g/mol. The molecule has 0 radical (unpaired) electrons. The SMILES string of the molecule is O=C1OC(CSc2cccs2)CN1c1ccc(-c2[nH]ncc2-c2ccccn2)c(F)c1. The minimum Gasteiger partial charge on any atom is -0.443 e. The maximum Gasteiger partial charge on any atom is 0.414 e. The molecule has 5 rings (SSSR count). The van der Waals surface area contributed by atoms with E-state index in [4.69, 9.17) is 4.74 Å². The van der Waals surface area contributed by atoms with Crippen LogP contribution in [0.4, 0.5) is 14.9 Å². The fraction of sp³-hybridized carbons (Fsp3) is 0.136. The minimum absolute atomic E-state index is 0.245. The Balaban J connectivity index is 1.35. The molecule has 0 aliphatic carbocycles. The van der Waals surface area contributed by atoms with Crippen molar-refractivity contribution in [1.29, 1.82) is 0 Å². The van der Waals surface area contributed by atoms with Gasteiger partial charge in [-0.2, -0.15) is 5.10 Å². The van der Waals surface area contributed by atoms with Crippen LogP contribution >= 0.6 is 23.1 Å². The number of anilines is 1. The second kappa shape index (κ2) is 8.52. The lowest BCUT2D eigenvalue weighted by Gasteiger charge is -2.14. The summed E-state index contributed by atoms with van der Waals surface area (Å²) in [6.45, 7) is 0.388. The highest BCUT2D eigenvalue weighted by molar-refractivity contribution is 8.01. The Morgan fingerprint density at radius 1 is 1.23 bits per heavy atom. The topological polar surface area (TPSA) is 71.1 Å². The average molecular weight is 453 g/mol. The van der Waals surface area contributed by atoms with Gasteiger partial charge in [0.2, 0.25) is 0 Å². The third-order valence-corrected chi connectivity index (χ3v) is 7.16. The van der Waals surface area contributed by atoms with Crippen LogP contribution in [0.25, 0.3) is 22.5 Å². The summed E-state index contributed by atoms with van der Waals surface area (Å²) in [5.41, 5.74) is 2.77. The van der Waals surface area contributed by atoms with Crippen LogP contribution in [-0.4, -0.2) is 39.7 Å². The van der Waals surface area contributed by atoms with E-state index in [1.54, 1.807) is 47.6 Å². The minimum atomic E-state index is -0.459. The van der Waals surface area contributed by atoms with Crippen LogP contribution in [0.15, 0.2) is 70.5 Å². The van der Waals surface area contributed by atoms with Gasteiger partial charge >= 0.3 is 6.09 Å². The third-order valence-electron chi connectivity index (χ3n) is 4.89. The molecule has 1 aliphatic heterocycles. The molecule has 9 heteroatoms. The molecule has 0 spiro atoms. The highest BCUT2D eigenvalue weighted by Crippen LogP contribution is 2.34. The monoisotopic (exact) mass is 452 g/mol. The maximum atomic E-state index is 15.1. The van der Waals surface area contributed by atoms with Gasteiger partial charge in [-0.25, -0.2) is 9.18 Å². The summed E-state index contributed by atoms with van der Waals surface area (Å²) >= 11 is 3.30. The lowest BCUT2D eigenvalue weighted by molar-refractivity contribution is 0.151. The molecule has 4 heterocycles. The van der Waals surface area contributed by atoms with Crippen LogP contribution < -0.4 is 4.90 Å². The summed E-state index contributed by atoms with van der Waals surface area (Å²) in [6, 6.07) is 14.3. The number of thioether (sulfide) groups is 1. The molecule has 156 valence electrons. The zero-order chi connectivity index (χ0) is 21.2. The van der Waals surface area contributed by atoms with Crippen LogP contribution in [-0.2, 0) is 4.74 Å². The van der Waals surface area contributed by atoms with Gasteiger partial charge in [-0.3, -0.25) is 15.0 Å². The van der Waals surface area contributed by atoms with E-state index < -0.39 is 11.9 Å². The number of carbonyl (C=O) groups excluding carboxylic acids is 1. The number of pyridine rings is 1. The Hall–Kier alpha value is -3.17. The van der Waals surface area contributed by atoms with Crippen LogP contribution in [0, 0.1) is 5.82 Å². The van der Waals surface area contributed by atoms with E-state index >= 15 is 4.39 Å². The summed E-state index contributed by atoms with van der Waals surface area (Å²) in [6.07, 6.45) is 2.60. The number of carbonyl (C=O) groups is 1. The lowest BCUT2D eigenvalue weighted by atomic mass is 10.0. The second-order valence-electron chi connectivity index (χ2n) is 6.90. The molecule has 0 bridgehead atoms. The number of halogens is 1. The van der Waals surface area contributed by atoms with Gasteiger partial charge in [-0.15, -0.1) is 23.1 Å². The Morgan fingerprint density at radius 2 is 2.16 bits per heavy atom. The van der Waals surface area contributed by atoms with E-state index in [-0.39, 0.29) is 6.10 Å². The van der Waals surface area contributed by atoms with Gasteiger partial charge in [-0.05, 0) is 41.8 Å². The molecule has 1 aliphatic rings. The van der Waals surface area contributed by atoms with Crippen molar-refractivity contribution in [3.8, 4) is 22.5 Å². The van der Waals surface area contributed by atoms with Gasteiger partial charge < -0.3 is 4.74 Å². The van der Waals surface area contributed by atoms with Crippen molar-refractivity contribution in [2.45, 2.75) is 10.3 Å². The van der Waals surface area contributed by atoms with Gasteiger partial charge in [0.25, 0.3) is 0 Å². The van der Waals surface area contributed by atoms with Gasteiger partial charge in [0, 0.05) is 23.1 Å². The molecule has 1 fully saturated rings. The predicted molar refractivity (Wildman–Crippen MR) is 120 cm³/mol. The van der Waals surface area contributed by atoms with Crippen molar-refractivity contribution in [3.63, 3.8) is 0 Å². The summed E-state index contributed by atoms with van der Waals surface area (Å²) < 4.78 is 21.7. The van der Waals surface area contributed by atoms with Crippen molar-refractivity contribution in [3.05, 3.63) is 72.1 Å². The number of thiophene rings is 1. The lowest BCUT2D eigenvalue weighted by Crippen LogP contribution is -2.25. The predicted octanol–water partition coefficient (Wildman–Crippen LogP) is 5.46. The molecule has 3 aromatic heterocycles. The van der Waals surface area contributed by atoms with Crippen LogP contribution in [0.1, 0.15) is 0 Å². The number of cyclic esters (lactones) is 1. The normalized spacial score (nSPS) is 16.0. The zero-order valence-corrected chi connectivity index (χ0v) is 17.8. The molecule has 4 aromatic rings. The van der Waals surface area contributed by atoms with Crippen molar-refractivity contribution in [1.82, 2.24) is 15.2 Å². The van der Waals surface area contributed by atoms with Crippen LogP contribution in [0.3, 0.4) is 0 Å². The molecule has 0 saturated carbocycles. The number of hydrogen-bond acceptors (Lipinski definition) is 6. The first kappa shape index (κ1) is 19.8. The second-order valence-corrected chi connectivity index (χ2v) is 9.17. The number of H-pyrrole nitrogens is 1. The highest BCUT2D eigenvalue weighted by atomic mass is 32.2. The summed E-state index contributed by atoms with van der Waals surface area (Å²) in [4.78, 5) is 18.2. The number of aromatic nitrogens is 3. The molecule has 1 N–H and O–H groups in total. The van der Waals surface area contributed by atoms with Gasteiger partial charge in [0.15, 0.2) is 0 Å². The first-order valence-electron chi connectivity index (χ1n) is 9.58. The first-order valence-corrected chi connectivity index (χ1v) is 11.4. The van der Waals surface area contributed by atoms with Crippen molar-refractivity contribution in [2.75, 3.05) is 17.2 Å². The summed E-state index contributed by atoms with van der Waals surface area (Å²) in [5, 5.41) is 8.93. The van der Waals surface area contributed by atoms with Crippen LogP contribution in [0.2, 0.25) is 0 Å². The van der Waals surface area contributed by atoms with E-state index in [0.29, 0.717) is 40.5 Å². The zero-order valence-electron chi connectivity index (χ0n) is 16.2. The molecule has 6 nitrogen and oxygen atoms in total. The third kappa shape index (κ3) is 4.06. The Labute approximate surface area is 186 Å². The van der Waals surface area contributed by atoms with E-state index in [9.17, 15) is 4.79 Å². The van der Waals surface area contributed by atoms with Gasteiger partial charge in [0.1, 0.15) is 11.9 Å². The number of aromatic amines is 1. The fourth-order valence-corrected chi connectivity index (χ4v) is 5.21. The Morgan fingerprint density at radius 3 is 2.94 bits per heavy atom. The molecule has 1 amide bonds. The molecule has 1 unspecified atom stereocenters. The van der Waals surface area contributed by atoms with E-state index in [2.05, 4.69) is 15.2 Å². The van der Waals surface area contributed by atoms with E-state index in [1.165, 1.54) is 15.2 Å². The number of rotatable bonds is 6. The molecule has 1 atom stereocenters. The standard InChI is InChI=1S/C22H17FN4O2S2/c23-18-10-14(27-12-15(29-22(27)28)13-31-20-5-3-9-30-20)6-7-16(18)21-17(11-25-26-21)19-4-1-2-8-24-19/h1-11,15H,12-13H2,(H,25,26). The molecule has 1 aromatic carbocycles. The number of nitrogens with zero attached hydrogens (tertiary/aromatic N) is 3. The number of hydrogen-bond donors (Lipinski definition) is 1. The average Bonchev–Trinajstić information content (AvgIpc) is 3.54. The number of amides is 1. The van der Waals surface area contributed by atoms with Crippen molar-refractivity contribution in [2.24, 2.45) is 0 Å². The molecule has 1 saturated heterocycles. The van der Waals surface area contributed by atoms with Crippen LogP contribution in [0.5, 0.6) is 0 Å². The number of nitrogens with one attached hydrogen (secondary N) is 1. The van der Waals surface area contributed by atoms with E-state index in [0.717, 1.165) is 0 Å². The van der Waals surface area contributed by atoms with Crippen molar-refractivity contribution < 1.29 is 13.9 Å². The Kier molecular flexibility index (Phi) is 5.44. The quantitative estimate of drug-likeness (QED) is 0.394. The fourth-order valence-electron chi connectivity index (χ4n) is 3.42. The number of benzene rings is 1. The summed E-state index contributed by atoms with van der Waals surface area (Å²) in [7, 11) is 0. The first-order chi connectivity index (χ1) is 15.2. The highest BCUT2D eigenvalue weighted by Gasteiger charge is 2.33. The number of ether oxygens (including phenoxy) is 1. The molecular formula is C22H17FN4O2S2. The van der Waals surface area contributed by atoms with Gasteiger partial charge in [-0.1, -0.05) is 12.1 Å². The smallest absolute Gasteiger partial charge is 0.414 e. The summed E-state index contributed by atoms with van der Waals surface area (Å²) in [5.74, 6) is 0.202.